The first kappa shape index (κ1) is 9.90. The second-order valence-electron chi connectivity index (χ2n) is 4.36. The smallest absolute Gasteiger partial charge is 0.251 e. The predicted molar refractivity (Wildman–Crippen MR) is 58.9 cm³/mol. The summed E-state index contributed by atoms with van der Waals surface area (Å²) in [6, 6.07) is 0. The lowest BCUT2D eigenvalue weighted by Crippen LogP contribution is -2.50. The van der Waals surface area contributed by atoms with E-state index in [0.717, 1.165) is 25.7 Å². The molecule has 2 aliphatic rings. The summed E-state index contributed by atoms with van der Waals surface area (Å²) in [4.78, 5) is 11.8. The molecule has 14 heavy (non-hydrogen) atoms. The van der Waals surface area contributed by atoms with Crippen molar-refractivity contribution in [3.63, 3.8) is 0 Å². The molecule has 1 heterocycles. The first-order chi connectivity index (χ1) is 6.66. The van der Waals surface area contributed by atoms with Crippen molar-refractivity contribution in [1.29, 1.82) is 0 Å². The van der Waals surface area contributed by atoms with Gasteiger partial charge in [0.25, 0.3) is 5.91 Å². The van der Waals surface area contributed by atoms with Crippen LogP contribution in [0.2, 0.25) is 0 Å². The maximum absolute atomic E-state index is 11.8. The van der Waals surface area contributed by atoms with Crippen LogP contribution in [0.1, 0.15) is 39.0 Å². The Balaban J connectivity index is 2.15. The Kier molecular flexibility index (Phi) is 2.47. The van der Waals surface area contributed by atoms with E-state index < -0.39 is 0 Å². The van der Waals surface area contributed by atoms with Crippen molar-refractivity contribution in [3.05, 3.63) is 0 Å². The molecule has 1 saturated heterocycles. The molecule has 0 radical (unpaired) electrons. The molecule has 4 heteroatoms. The lowest BCUT2D eigenvalue weighted by atomic mass is 9.75. The molecule has 0 bridgehead atoms. The zero-order valence-electron chi connectivity index (χ0n) is 8.43. The van der Waals surface area contributed by atoms with Crippen molar-refractivity contribution in [2.45, 2.75) is 44.6 Å². The molecule has 1 spiro atoms. The topological polar surface area (TPSA) is 41.1 Å². The summed E-state index contributed by atoms with van der Waals surface area (Å²) in [5, 5.41) is 6.36. The summed E-state index contributed by atoms with van der Waals surface area (Å²) in [6.45, 7) is 2.19. The van der Waals surface area contributed by atoms with Gasteiger partial charge >= 0.3 is 0 Å². The molecule has 2 N–H and O–H groups in total. The molecule has 2 rings (SSSR count). The largest absolute Gasteiger partial charge is 0.348 e. The second-order valence-corrected chi connectivity index (χ2v) is 4.77. The fourth-order valence-corrected chi connectivity index (χ4v) is 2.87. The van der Waals surface area contributed by atoms with E-state index in [1.807, 2.05) is 0 Å². The Morgan fingerprint density at radius 2 is 2.43 bits per heavy atom. The first-order valence-electron chi connectivity index (χ1n) is 5.30. The highest BCUT2D eigenvalue weighted by Crippen LogP contribution is 2.35. The minimum absolute atomic E-state index is 0.0839. The number of carbonyl (C=O) groups is 1. The van der Waals surface area contributed by atoms with E-state index >= 15 is 0 Å². The molecular weight excluding hydrogens is 196 g/mol. The van der Waals surface area contributed by atoms with E-state index in [1.54, 1.807) is 0 Å². The van der Waals surface area contributed by atoms with Gasteiger partial charge in [-0.1, -0.05) is 26.2 Å². The molecule has 0 aromatic carbocycles. The fourth-order valence-electron chi connectivity index (χ4n) is 2.59. The number of thiocarbonyl (C=S) groups is 1. The minimum atomic E-state index is -0.365. The zero-order valence-corrected chi connectivity index (χ0v) is 9.25. The molecule has 1 amide bonds. The lowest BCUT2D eigenvalue weighted by molar-refractivity contribution is -0.125. The number of amides is 1. The van der Waals surface area contributed by atoms with Crippen LogP contribution in [0, 0.1) is 5.92 Å². The highest BCUT2D eigenvalue weighted by atomic mass is 32.1. The van der Waals surface area contributed by atoms with Crippen LogP contribution in [-0.2, 0) is 4.79 Å². The molecule has 1 aliphatic heterocycles. The van der Waals surface area contributed by atoms with Crippen molar-refractivity contribution in [2.24, 2.45) is 5.92 Å². The number of nitrogens with one attached hydrogen (secondary N) is 2. The van der Waals surface area contributed by atoms with Gasteiger partial charge in [-0.3, -0.25) is 4.79 Å². The summed E-state index contributed by atoms with van der Waals surface area (Å²) >= 11 is 4.98. The Bertz CT molecular complexity index is 279. The Labute approximate surface area is 89.6 Å². The number of hydrogen-bond acceptors (Lipinski definition) is 2. The summed E-state index contributed by atoms with van der Waals surface area (Å²) < 4.78 is 0. The van der Waals surface area contributed by atoms with Gasteiger partial charge in [0.05, 0.1) is 0 Å². The Morgan fingerprint density at radius 1 is 1.64 bits per heavy atom. The van der Waals surface area contributed by atoms with Crippen molar-refractivity contribution < 1.29 is 4.79 Å². The summed E-state index contributed by atoms with van der Waals surface area (Å²) in [5.41, 5.74) is -0.365. The van der Waals surface area contributed by atoms with Gasteiger partial charge in [0.2, 0.25) is 0 Å². The van der Waals surface area contributed by atoms with Crippen LogP contribution in [0.3, 0.4) is 0 Å². The van der Waals surface area contributed by atoms with Crippen LogP contribution >= 0.6 is 12.2 Å². The van der Waals surface area contributed by atoms with Gasteiger partial charge in [-0.2, -0.15) is 0 Å². The van der Waals surface area contributed by atoms with Crippen molar-refractivity contribution in [2.75, 3.05) is 0 Å². The standard InChI is InChI=1S/C10H16N2OS/c1-2-7-4-3-5-10(6-7)8(13)11-9(14)12-10/h7H,2-6H2,1H3,(H2,11,12,13,14). The first-order valence-corrected chi connectivity index (χ1v) is 5.71. The van der Waals surface area contributed by atoms with Gasteiger partial charge in [-0.15, -0.1) is 0 Å². The van der Waals surface area contributed by atoms with Gasteiger partial charge in [-0.25, -0.2) is 0 Å². The molecule has 1 aliphatic carbocycles. The van der Waals surface area contributed by atoms with Crippen LogP contribution in [0.5, 0.6) is 0 Å². The summed E-state index contributed by atoms with van der Waals surface area (Å²) in [5.74, 6) is 0.753. The van der Waals surface area contributed by atoms with E-state index in [0.29, 0.717) is 11.0 Å². The van der Waals surface area contributed by atoms with E-state index in [4.69, 9.17) is 12.2 Å². The predicted octanol–water partition coefficient (Wildman–Crippen LogP) is 1.33. The third kappa shape index (κ3) is 1.52. The Morgan fingerprint density at radius 3 is 3.00 bits per heavy atom. The molecule has 2 fully saturated rings. The Hall–Kier alpha value is -0.640. The molecule has 2 unspecified atom stereocenters. The average molecular weight is 212 g/mol. The van der Waals surface area contributed by atoms with Crippen LogP contribution in [0.15, 0.2) is 0 Å². The molecular formula is C10H16N2OS. The van der Waals surface area contributed by atoms with Crippen molar-refractivity contribution >= 4 is 23.2 Å². The monoisotopic (exact) mass is 212 g/mol. The van der Waals surface area contributed by atoms with Crippen LogP contribution in [0.4, 0.5) is 0 Å². The lowest BCUT2D eigenvalue weighted by Gasteiger charge is -2.35. The maximum Gasteiger partial charge on any atom is 0.251 e. The van der Waals surface area contributed by atoms with Crippen molar-refractivity contribution in [3.8, 4) is 0 Å². The van der Waals surface area contributed by atoms with E-state index in [-0.39, 0.29) is 11.4 Å². The van der Waals surface area contributed by atoms with E-state index in [2.05, 4.69) is 17.6 Å². The highest BCUT2D eigenvalue weighted by Gasteiger charge is 2.46. The third-order valence-corrected chi connectivity index (χ3v) is 3.65. The number of carbonyl (C=O) groups excluding carboxylic acids is 1. The SMILES string of the molecule is CCC1CCCC2(C1)NC(=S)NC2=O. The van der Waals surface area contributed by atoms with Crippen LogP contribution < -0.4 is 10.6 Å². The highest BCUT2D eigenvalue weighted by molar-refractivity contribution is 7.80. The third-order valence-electron chi connectivity index (χ3n) is 3.44. The normalized spacial score (nSPS) is 37.1. The van der Waals surface area contributed by atoms with E-state index in [9.17, 15) is 4.79 Å². The molecule has 1 saturated carbocycles. The summed E-state index contributed by atoms with van der Waals surface area (Å²) in [7, 11) is 0. The number of hydrogen-bond donors (Lipinski definition) is 2. The van der Waals surface area contributed by atoms with Crippen LogP contribution in [-0.4, -0.2) is 16.6 Å². The minimum Gasteiger partial charge on any atom is -0.348 e. The van der Waals surface area contributed by atoms with Gasteiger partial charge in [0.1, 0.15) is 5.54 Å². The van der Waals surface area contributed by atoms with Gasteiger partial charge in [0, 0.05) is 0 Å². The summed E-state index contributed by atoms with van der Waals surface area (Å²) in [6.07, 6.45) is 5.40. The second kappa shape index (κ2) is 3.50. The fraction of sp³-hybridized carbons (Fsp3) is 0.800. The maximum atomic E-state index is 11.8. The van der Waals surface area contributed by atoms with Gasteiger partial charge in [0.15, 0.2) is 5.11 Å². The van der Waals surface area contributed by atoms with Gasteiger partial charge in [-0.05, 0) is 31.0 Å². The molecule has 3 nitrogen and oxygen atoms in total. The molecule has 2 atom stereocenters. The van der Waals surface area contributed by atoms with Gasteiger partial charge < -0.3 is 10.6 Å². The quantitative estimate of drug-likeness (QED) is 0.644. The molecule has 0 aromatic rings. The van der Waals surface area contributed by atoms with Crippen molar-refractivity contribution in [1.82, 2.24) is 10.6 Å². The molecule has 78 valence electrons. The number of rotatable bonds is 1. The van der Waals surface area contributed by atoms with Crippen LogP contribution in [0.25, 0.3) is 0 Å². The van der Waals surface area contributed by atoms with E-state index in [1.165, 1.54) is 6.42 Å². The molecule has 0 aromatic heterocycles. The average Bonchev–Trinajstić information content (AvgIpc) is 2.42. The zero-order chi connectivity index (χ0) is 10.2.